The lowest BCUT2D eigenvalue weighted by atomic mass is 11.0. The fourth-order valence-corrected chi connectivity index (χ4v) is 0.277. The molecule has 0 rings (SSSR count). The summed E-state index contributed by atoms with van der Waals surface area (Å²) in [5, 5.41) is 3.24. The molecule has 0 amide bonds. The maximum atomic E-state index is 5.04. The second-order valence-electron chi connectivity index (χ2n) is 1.24. The van der Waals surface area contributed by atoms with Gasteiger partial charge in [0.2, 0.25) is 5.96 Å². The highest BCUT2D eigenvalue weighted by atomic mass is 32.1. The molecule has 8 heteroatoms. The Morgan fingerprint density at radius 1 is 1.40 bits per heavy atom. The number of nitrogens with two attached hydrogens (primary N) is 3. The van der Waals surface area contributed by atoms with Crippen LogP contribution < -0.4 is 33.7 Å². The molecule has 0 aromatic carbocycles. The van der Waals surface area contributed by atoms with Crippen LogP contribution in [0, 0.1) is 0 Å². The van der Waals surface area contributed by atoms with Crippen LogP contribution in [-0.2, 0) is 0 Å². The van der Waals surface area contributed by atoms with E-state index in [9.17, 15) is 0 Å². The van der Waals surface area contributed by atoms with Crippen molar-refractivity contribution in [3.8, 4) is 0 Å². The minimum Gasteiger partial charge on any atom is -0.375 e. The summed E-state index contributed by atoms with van der Waals surface area (Å²) in [5.74, 6) is 9.88. The van der Waals surface area contributed by atoms with Crippen LogP contribution in [0.15, 0.2) is 5.10 Å². The van der Waals surface area contributed by atoms with Crippen LogP contribution in [-0.4, -0.2) is 11.1 Å². The molecule has 0 aromatic rings. The molecule has 0 unspecified atom stereocenters. The quantitative estimate of drug-likeness (QED) is 0.0739. The molecule has 0 fully saturated rings. The van der Waals surface area contributed by atoms with E-state index in [1.165, 1.54) is 0 Å². The predicted octanol–water partition coefficient (Wildman–Crippen LogP) is -2.98. The lowest BCUT2D eigenvalue weighted by Crippen LogP contribution is -2.52. The van der Waals surface area contributed by atoms with Gasteiger partial charge in [-0.05, 0) is 12.2 Å². The number of rotatable bonds is 0. The van der Waals surface area contributed by atoms with Gasteiger partial charge in [-0.3, -0.25) is 16.3 Å². The monoisotopic (exact) mass is 163 g/mol. The highest BCUT2D eigenvalue weighted by Crippen LogP contribution is 1.54. The number of thiocarbonyl (C=S) groups is 1. The van der Waals surface area contributed by atoms with E-state index in [1.807, 2.05) is 0 Å². The molecule has 0 saturated carbocycles. The molecule has 7 nitrogen and oxygen atoms in total. The van der Waals surface area contributed by atoms with Gasteiger partial charge in [0, 0.05) is 0 Å². The summed E-state index contributed by atoms with van der Waals surface area (Å²) in [6.45, 7) is 0. The van der Waals surface area contributed by atoms with Crippen LogP contribution in [0.4, 0.5) is 0 Å². The number of guanidine groups is 1. The molecule has 0 spiro atoms. The average molecular weight is 163 g/mol. The molecule has 0 saturated heterocycles. The molecule has 0 radical (unpaired) electrons. The smallest absolute Gasteiger partial charge is 0.246 e. The Morgan fingerprint density at radius 3 is 2.30 bits per heavy atom. The zero-order valence-corrected chi connectivity index (χ0v) is 5.90. The van der Waals surface area contributed by atoms with Crippen LogP contribution in [0.25, 0.3) is 0 Å². The average Bonchev–Trinajstić information content (AvgIpc) is 1.90. The summed E-state index contributed by atoms with van der Waals surface area (Å²) >= 11 is 4.45. The van der Waals surface area contributed by atoms with E-state index < -0.39 is 0 Å². The van der Waals surface area contributed by atoms with E-state index in [-0.39, 0.29) is 11.1 Å². The van der Waals surface area contributed by atoms with Crippen molar-refractivity contribution in [2.24, 2.45) is 22.5 Å². The Balaban J connectivity index is 3.56. The van der Waals surface area contributed by atoms with Gasteiger partial charge in [0.1, 0.15) is 0 Å². The van der Waals surface area contributed by atoms with Crippen LogP contribution >= 0.6 is 12.2 Å². The Labute approximate surface area is 62.9 Å². The molecule has 10 heavy (non-hydrogen) atoms. The van der Waals surface area contributed by atoms with Gasteiger partial charge >= 0.3 is 0 Å². The molecule has 0 atom stereocenters. The highest BCUT2D eigenvalue weighted by molar-refractivity contribution is 7.80. The second kappa shape index (κ2) is 4.58. The number of hydrazine groups is 2. The van der Waals surface area contributed by atoms with Gasteiger partial charge in [-0.1, -0.05) is 0 Å². The molecule has 9 N–H and O–H groups in total. The van der Waals surface area contributed by atoms with Gasteiger partial charge in [-0.2, -0.15) is 0 Å². The number of nitrogens with zero attached hydrogens (tertiary/aromatic N) is 1. The SMILES string of the molecule is N/N=C(\NN)NNC(N)=S. The number of hydrogen-bond acceptors (Lipinski definition) is 4. The van der Waals surface area contributed by atoms with E-state index in [4.69, 9.17) is 17.4 Å². The zero-order valence-electron chi connectivity index (χ0n) is 5.09. The fraction of sp³-hybridized carbons (Fsp3) is 0. The number of hydrogen-bond donors (Lipinski definition) is 6. The van der Waals surface area contributed by atoms with Crippen LogP contribution in [0.1, 0.15) is 0 Å². The molecule has 0 heterocycles. The summed E-state index contributed by atoms with van der Waals surface area (Å²) in [5.41, 5.74) is 11.9. The Hall–Kier alpha value is -1.28. The third-order valence-corrected chi connectivity index (χ3v) is 0.672. The predicted molar refractivity (Wildman–Crippen MR) is 42.0 cm³/mol. The number of nitrogens with one attached hydrogen (secondary N) is 3. The first-order valence-electron chi connectivity index (χ1n) is 2.26. The highest BCUT2D eigenvalue weighted by Gasteiger charge is 1.90. The Bertz CT molecular complexity index is 141. The molecular formula is C2H9N7S. The maximum Gasteiger partial charge on any atom is 0.246 e. The van der Waals surface area contributed by atoms with Crippen LogP contribution in [0.5, 0.6) is 0 Å². The molecule has 0 aliphatic rings. The van der Waals surface area contributed by atoms with Crippen molar-refractivity contribution in [1.29, 1.82) is 0 Å². The van der Waals surface area contributed by atoms with Crippen molar-refractivity contribution in [2.45, 2.75) is 0 Å². The lowest BCUT2D eigenvalue weighted by Gasteiger charge is -2.07. The fourth-order valence-electron chi connectivity index (χ4n) is 0.226. The van der Waals surface area contributed by atoms with Gasteiger partial charge < -0.3 is 11.6 Å². The summed E-state index contributed by atoms with van der Waals surface area (Å²) in [4.78, 5) is 0. The Kier molecular flexibility index (Phi) is 4.00. The summed E-state index contributed by atoms with van der Waals surface area (Å²) < 4.78 is 0. The normalized spacial score (nSPS) is 10.3. The second-order valence-corrected chi connectivity index (χ2v) is 1.68. The Morgan fingerprint density at radius 2 is 2.00 bits per heavy atom. The maximum absolute atomic E-state index is 5.04. The first-order chi connectivity index (χ1) is 4.70. The van der Waals surface area contributed by atoms with Gasteiger partial charge in [0.05, 0.1) is 0 Å². The third-order valence-electron chi connectivity index (χ3n) is 0.570. The first kappa shape index (κ1) is 8.72. The minimum absolute atomic E-state index is 0.0661. The summed E-state index contributed by atoms with van der Waals surface area (Å²) in [6.07, 6.45) is 0. The van der Waals surface area contributed by atoms with Crippen LogP contribution in [0.3, 0.4) is 0 Å². The van der Waals surface area contributed by atoms with Crippen molar-refractivity contribution in [1.82, 2.24) is 16.3 Å². The molecule has 0 aliphatic carbocycles. The molecule has 0 bridgehead atoms. The summed E-state index contributed by atoms with van der Waals surface area (Å²) in [7, 11) is 0. The topological polar surface area (TPSA) is 127 Å². The van der Waals surface area contributed by atoms with Gasteiger partial charge in [-0.15, -0.1) is 5.10 Å². The van der Waals surface area contributed by atoms with E-state index in [0.717, 1.165) is 0 Å². The lowest BCUT2D eigenvalue weighted by molar-refractivity contribution is 0.801. The first-order valence-corrected chi connectivity index (χ1v) is 2.67. The molecular weight excluding hydrogens is 154 g/mol. The van der Waals surface area contributed by atoms with E-state index in [1.54, 1.807) is 0 Å². The van der Waals surface area contributed by atoms with Crippen molar-refractivity contribution in [2.75, 3.05) is 0 Å². The number of hydrazone groups is 1. The zero-order chi connectivity index (χ0) is 7.98. The van der Waals surface area contributed by atoms with E-state index >= 15 is 0 Å². The van der Waals surface area contributed by atoms with Crippen LogP contribution in [0.2, 0.25) is 0 Å². The van der Waals surface area contributed by atoms with E-state index in [0.29, 0.717) is 0 Å². The van der Waals surface area contributed by atoms with Gasteiger partial charge in [0.25, 0.3) is 0 Å². The third kappa shape index (κ3) is 3.69. The standard InChI is InChI=1S/C2H9N7S/c3-1(10)8-9-2(6-4)7-5/h4-5H2,(H3,3,8,10)(H2,6,7,9). The van der Waals surface area contributed by atoms with Gasteiger partial charge in [-0.25, -0.2) is 5.84 Å². The van der Waals surface area contributed by atoms with Crippen molar-refractivity contribution in [3.63, 3.8) is 0 Å². The molecule has 0 aromatic heterocycles. The van der Waals surface area contributed by atoms with E-state index in [2.05, 4.69) is 33.6 Å². The van der Waals surface area contributed by atoms with Crippen molar-refractivity contribution < 1.29 is 0 Å². The van der Waals surface area contributed by atoms with Crippen molar-refractivity contribution >= 4 is 23.3 Å². The van der Waals surface area contributed by atoms with Crippen molar-refractivity contribution in [3.05, 3.63) is 0 Å². The summed E-state index contributed by atoms with van der Waals surface area (Å²) in [6, 6.07) is 0. The molecule has 58 valence electrons. The van der Waals surface area contributed by atoms with Gasteiger partial charge in [0.15, 0.2) is 5.11 Å². The molecule has 0 aliphatic heterocycles. The minimum atomic E-state index is 0.0661. The largest absolute Gasteiger partial charge is 0.375 e.